The zero-order chi connectivity index (χ0) is 23.0. The van der Waals surface area contributed by atoms with E-state index in [-0.39, 0.29) is 5.91 Å². The number of hydrogen-bond acceptors (Lipinski definition) is 7. The summed E-state index contributed by atoms with van der Waals surface area (Å²) in [6.45, 7) is 10.3. The molecule has 2 aliphatic heterocycles. The lowest BCUT2D eigenvalue weighted by Crippen LogP contribution is -2.67. The van der Waals surface area contributed by atoms with Gasteiger partial charge in [0.25, 0.3) is 5.91 Å². The van der Waals surface area contributed by atoms with Crippen LogP contribution in [0.5, 0.6) is 0 Å². The quantitative estimate of drug-likeness (QED) is 0.662. The number of anilines is 1. The highest BCUT2D eigenvalue weighted by Gasteiger charge is 2.62. The maximum Gasteiger partial charge on any atom is 0.485 e. The van der Waals surface area contributed by atoms with Crippen molar-refractivity contribution in [2.45, 2.75) is 44.3 Å². The first-order valence-electron chi connectivity index (χ1n) is 10.8. The maximum absolute atomic E-state index is 13.0. The van der Waals surface area contributed by atoms with Crippen LogP contribution in [0.3, 0.4) is 0 Å². The van der Waals surface area contributed by atoms with Gasteiger partial charge in [0.2, 0.25) is 0 Å². The second kappa shape index (κ2) is 8.54. The van der Waals surface area contributed by atoms with E-state index in [9.17, 15) is 4.79 Å². The van der Waals surface area contributed by atoms with E-state index < -0.39 is 23.8 Å². The first-order chi connectivity index (χ1) is 14.4. The van der Waals surface area contributed by atoms with Crippen molar-refractivity contribution in [1.29, 1.82) is 0 Å². The van der Waals surface area contributed by atoms with Gasteiger partial charge in [0.15, 0.2) is 0 Å². The molecule has 1 aromatic heterocycles. The van der Waals surface area contributed by atoms with Crippen LogP contribution < -0.4 is 5.32 Å². The summed E-state index contributed by atoms with van der Waals surface area (Å²) in [6.07, 6.45) is 3.67. The van der Waals surface area contributed by atoms with Crippen LogP contribution in [0.15, 0.2) is 36.2 Å². The number of likely N-dealkylation sites (N-methyl/N-ethyl adjacent to an activating group) is 3. The first kappa shape index (κ1) is 23.7. The van der Waals surface area contributed by atoms with Gasteiger partial charge in [-0.15, -0.1) is 0 Å². The van der Waals surface area contributed by atoms with E-state index in [0.717, 1.165) is 13.1 Å². The molecule has 1 amide bonds. The van der Waals surface area contributed by atoms with Crippen molar-refractivity contribution < 1.29 is 14.1 Å². The Kier molecular flexibility index (Phi) is 6.53. The molecule has 1 fully saturated rings. The van der Waals surface area contributed by atoms with Crippen molar-refractivity contribution in [3.63, 3.8) is 0 Å². The number of nitrogens with zero attached hydrogens (tertiary/aromatic N) is 4. The van der Waals surface area contributed by atoms with Crippen LogP contribution in [0, 0.1) is 0 Å². The zero-order valence-corrected chi connectivity index (χ0v) is 20.1. The molecular weight excluding hydrogens is 393 g/mol. The first-order valence-corrected chi connectivity index (χ1v) is 10.8. The zero-order valence-electron chi connectivity index (χ0n) is 20.1. The van der Waals surface area contributed by atoms with Crippen LogP contribution in [0.25, 0.3) is 0 Å². The normalized spacial score (nSPS) is 25.4. The summed E-state index contributed by atoms with van der Waals surface area (Å²) in [4.78, 5) is 23.5. The Morgan fingerprint density at radius 3 is 2.32 bits per heavy atom. The van der Waals surface area contributed by atoms with Crippen molar-refractivity contribution in [2.24, 2.45) is 0 Å². The Hall–Kier alpha value is -1.94. The van der Waals surface area contributed by atoms with Gasteiger partial charge in [0.1, 0.15) is 11.5 Å². The van der Waals surface area contributed by atoms with E-state index in [4.69, 9.17) is 9.31 Å². The summed E-state index contributed by atoms with van der Waals surface area (Å²) < 4.78 is 13.0. The monoisotopic (exact) mass is 429 g/mol. The molecule has 0 bridgehead atoms. The van der Waals surface area contributed by atoms with Crippen LogP contribution >= 0.6 is 0 Å². The molecule has 0 radical (unpaired) electrons. The number of carbonyl (C=O) groups excluding carboxylic acids is 1. The lowest BCUT2D eigenvalue weighted by atomic mass is 9.61. The smallest absolute Gasteiger partial charge is 0.402 e. The fourth-order valence-electron chi connectivity index (χ4n) is 3.84. The molecule has 2 aliphatic rings. The topological polar surface area (TPSA) is 70.2 Å². The van der Waals surface area contributed by atoms with E-state index in [1.54, 1.807) is 11.1 Å². The number of aromatic nitrogens is 1. The lowest BCUT2D eigenvalue weighted by Gasteiger charge is -2.46. The fraction of sp³-hybridized carbons (Fsp3) is 0.636. The number of rotatable bonds is 7. The van der Waals surface area contributed by atoms with Crippen molar-refractivity contribution in [1.82, 2.24) is 19.7 Å². The number of hydrogen-bond donors (Lipinski definition) is 1. The lowest BCUT2D eigenvalue weighted by molar-refractivity contribution is -0.127. The predicted octanol–water partition coefficient (Wildman–Crippen LogP) is 1.71. The molecule has 1 aromatic rings. The van der Waals surface area contributed by atoms with Crippen LogP contribution in [0.4, 0.5) is 5.82 Å². The molecule has 8 nitrogen and oxygen atoms in total. The van der Waals surface area contributed by atoms with Crippen molar-refractivity contribution in [3.05, 3.63) is 36.2 Å². The predicted molar refractivity (Wildman–Crippen MR) is 124 cm³/mol. The highest BCUT2D eigenvalue weighted by molar-refractivity contribution is 6.51. The van der Waals surface area contributed by atoms with Gasteiger partial charge in [0, 0.05) is 32.9 Å². The Bertz CT molecular complexity index is 814. The van der Waals surface area contributed by atoms with Gasteiger partial charge in [-0.25, -0.2) is 4.98 Å². The molecule has 3 heterocycles. The minimum absolute atomic E-state index is 0.0844. The van der Waals surface area contributed by atoms with Gasteiger partial charge in [-0.3, -0.25) is 9.69 Å². The fourth-order valence-corrected chi connectivity index (χ4v) is 3.84. The van der Waals surface area contributed by atoms with Gasteiger partial charge in [-0.1, -0.05) is 6.07 Å². The van der Waals surface area contributed by atoms with Crippen molar-refractivity contribution in [2.75, 3.05) is 53.1 Å². The standard InChI is InChI=1S/C22H36BN5O3/c1-20(2)21(3,4)31-23(30-20)22(28(8)14-13-26(5)6)15-17(19(29)27(7)16-22)25-18-11-9-10-12-24-18/h9-12,15H,13-14,16H2,1-8H3,(H,24,25). The van der Waals surface area contributed by atoms with E-state index in [0.29, 0.717) is 18.1 Å². The van der Waals surface area contributed by atoms with Crippen molar-refractivity contribution >= 4 is 18.8 Å². The average molecular weight is 429 g/mol. The third-order valence-electron chi connectivity index (χ3n) is 6.64. The number of amides is 1. The largest absolute Gasteiger partial charge is 0.485 e. The minimum Gasteiger partial charge on any atom is -0.402 e. The molecule has 0 aliphatic carbocycles. The molecule has 1 atom stereocenters. The Morgan fingerprint density at radius 1 is 1.13 bits per heavy atom. The number of pyridine rings is 1. The number of carbonyl (C=O) groups is 1. The van der Waals surface area contributed by atoms with Gasteiger partial charge in [-0.2, -0.15) is 0 Å². The summed E-state index contributed by atoms with van der Waals surface area (Å²) in [6, 6.07) is 5.57. The molecular formula is C22H36BN5O3. The SMILES string of the molecule is CN(C)CCN(C)C1(B2OC(C)(C)C(C)(C)O2)C=C(Nc2ccccn2)C(=O)N(C)C1. The molecule has 0 aromatic carbocycles. The maximum atomic E-state index is 13.0. The highest BCUT2D eigenvalue weighted by Crippen LogP contribution is 2.42. The summed E-state index contributed by atoms with van der Waals surface area (Å²) in [5, 5.41) is 3.21. The van der Waals surface area contributed by atoms with E-state index in [1.807, 2.05) is 31.3 Å². The molecule has 1 saturated heterocycles. The van der Waals surface area contributed by atoms with Crippen LogP contribution in [-0.2, 0) is 14.1 Å². The van der Waals surface area contributed by atoms with Gasteiger partial charge < -0.3 is 24.4 Å². The Balaban J connectivity index is 2.04. The molecule has 0 saturated carbocycles. The third kappa shape index (κ3) is 4.65. The van der Waals surface area contributed by atoms with Gasteiger partial charge >= 0.3 is 7.12 Å². The second-order valence-electron chi connectivity index (χ2n) is 9.86. The van der Waals surface area contributed by atoms with Gasteiger partial charge in [0.05, 0.1) is 16.6 Å². The molecule has 31 heavy (non-hydrogen) atoms. The van der Waals surface area contributed by atoms with E-state index in [1.165, 1.54) is 0 Å². The Morgan fingerprint density at radius 2 is 1.77 bits per heavy atom. The molecule has 170 valence electrons. The van der Waals surface area contributed by atoms with Crippen molar-refractivity contribution in [3.8, 4) is 0 Å². The average Bonchev–Trinajstić information content (AvgIpc) is 2.91. The highest BCUT2D eigenvalue weighted by atomic mass is 16.7. The van der Waals surface area contributed by atoms with Gasteiger partial charge in [-0.05, 0) is 67.0 Å². The minimum atomic E-state index is -0.666. The molecule has 9 heteroatoms. The van der Waals surface area contributed by atoms with E-state index >= 15 is 0 Å². The molecule has 0 spiro atoms. The van der Waals surface area contributed by atoms with Crippen LogP contribution in [0.1, 0.15) is 27.7 Å². The second-order valence-corrected chi connectivity index (χ2v) is 9.86. The molecule has 3 rings (SSSR count). The number of nitrogens with one attached hydrogen (secondary N) is 1. The third-order valence-corrected chi connectivity index (χ3v) is 6.64. The summed E-state index contributed by atoms with van der Waals surface area (Å²) >= 11 is 0. The molecule has 1 unspecified atom stereocenters. The van der Waals surface area contributed by atoms with Crippen LogP contribution in [-0.4, -0.2) is 97.2 Å². The van der Waals surface area contributed by atoms with Crippen LogP contribution in [0.2, 0.25) is 0 Å². The molecule has 1 N–H and O–H groups in total. The van der Waals surface area contributed by atoms with E-state index in [2.05, 4.69) is 68.9 Å². The summed E-state index contributed by atoms with van der Waals surface area (Å²) in [7, 11) is 7.44. The summed E-state index contributed by atoms with van der Waals surface area (Å²) in [5.74, 6) is 0.537. The Labute approximate surface area is 186 Å². The summed E-state index contributed by atoms with van der Waals surface area (Å²) in [5.41, 5.74) is -1.15.